The molecule has 19 heavy (non-hydrogen) atoms. The van der Waals surface area contributed by atoms with Gasteiger partial charge in [0.05, 0.1) is 5.69 Å². The zero-order valence-corrected chi connectivity index (χ0v) is 12.7. The average Bonchev–Trinajstić information content (AvgIpc) is 3.04. The Kier molecular flexibility index (Phi) is 4.05. The molecular weight excluding hydrogens is 256 g/mol. The molecular formula is C14H24N4S. The van der Waals surface area contributed by atoms with Crippen molar-refractivity contribution in [3.05, 3.63) is 11.1 Å². The lowest BCUT2D eigenvalue weighted by molar-refractivity contribution is 0.231. The van der Waals surface area contributed by atoms with Gasteiger partial charge in [0.2, 0.25) is 0 Å². The van der Waals surface area contributed by atoms with Crippen molar-refractivity contribution in [2.75, 3.05) is 31.1 Å². The second-order valence-electron chi connectivity index (χ2n) is 5.94. The highest BCUT2D eigenvalue weighted by Gasteiger charge is 2.31. The van der Waals surface area contributed by atoms with Gasteiger partial charge in [-0.1, -0.05) is 13.8 Å². The van der Waals surface area contributed by atoms with Gasteiger partial charge in [-0.2, -0.15) is 0 Å². The standard InChI is InChI=1S/C14H24N4S/c1-11(2)15-8-12-10-19-14(16-12)18-7-6-17-5-3-4-13(17)9-18/h10-11,13,15H,3-9H2,1-2H3. The van der Waals surface area contributed by atoms with E-state index in [1.54, 1.807) is 11.3 Å². The molecule has 4 nitrogen and oxygen atoms in total. The van der Waals surface area contributed by atoms with Crippen LogP contribution in [0.15, 0.2) is 5.38 Å². The first-order valence-electron chi connectivity index (χ1n) is 7.39. The first kappa shape index (κ1) is 13.3. The summed E-state index contributed by atoms with van der Waals surface area (Å²) in [5, 5.41) is 6.85. The molecule has 1 N–H and O–H groups in total. The van der Waals surface area contributed by atoms with E-state index in [2.05, 4.69) is 34.3 Å². The quantitative estimate of drug-likeness (QED) is 0.913. The fourth-order valence-electron chi connectivity index (χ4n) is 3.00. The number of nitrogens with one attached hydrogen (secondary N) is 1. The molecule has 3 rings (SSSR count). The summed E-state index contributed by atoms with van der Waals surface area (Å²) in [5.41, 5.74) is 1.18. The van der Waals surface area contributed by atoms with E-state index >= 15 is 0 Å². The summed E-state index contributed by atoms with van der Waals surface area (Å²) in [6, 6.07) is 1.29. The van der Waals surface area contributed by atoms with Crippen LogP contribution in [-0.2, 0) is 6.54 Å². The van der Waals surface area contributed by atoms with Crippen molar-refractivity contribution in [1.82, 2.24) is 15.2 Å². The van der Waals surface area contributed by atoms with E-state index in [9.17, 15) is 0 Å². The molecule has 2 aliphatic rings. The second-order valence-corrected chi connectivity index (χ2v) is 6.77. The lowest BCUT2D eigenvalue weighted by atomic mass is 10.2. The number of piperazine rings is 1. The highest BCUT2D eigenvalue weighted by Crippen LogP contribution is 2.27. The number of nitrogens with zero attached hydrogens (tertiary/aromatic N) is 3. The van der Waals surface area contributed by atoms with Crippen LogP contribution in [0.2, 0.25) is 0 Å². The number of hydrogen-bond acceptors (Lipinski definition) is 5. The lowest BCUT2D eigenvalue weighted by Crippen LogP contribution is -2.50. The predicted octanol–water partition coefficient (Wildman–Crippen LogP) is 1.93. The topological polar surface area (TPSA) is 31.4 Å². The van der Waals surface area contributed by atoms with E-state index in [4.69, 9.17) is 4.98 Å². The van der Waals surface area contributed by atoms with Crippen LogP contribution >= 0.6 is 11.3 Å². The Labute approximate surface area is 119 Å². The average molecular weight is 280 g/mol. The lowest BCUT2D eigenvalue weighted by Gasteiger charge is -2.37. The molecule has 0 bridgehead atoms. The maximum Gasteiger partial charge on any atom is 0.185 e. The molecule has 0 spiro atoms. The number of anilines is 1. The van der Waals surface area contributed by atoms with Gasteiger partial charge >= 0.3 is 0 Å². The highest BCUT2D eigenvalue weighted by atomic mass is 32.1. The summed E-state index contributed by atoms with van der Waals surface area (Å²) in [4.78, 5) is 9.91. The van der Waals surface area contributed by atoms with Crippen LogP contribution in [0.4, 0.5) is 5.13 Å². The van der Waals surface area contributed by atoms with Gasteiger partial charge in [-0.15, -0.1) is 11.3 Å². The zero-order chi connectivity index (χ0) is 13.2. The molecule has 0 amide bonds. The van der Waals surface area contributed by atoms with Crippen molar-refractivity contribution >= 4 is 16.5 Å². The van der Waals surface area contributed by atoms with Gasteiger partial charge in [0.15, 0.2) is 5.13 Å². The van der Waals surface area contributed by atoms with Gasteiger partial charge in [-0.25, -0.2) is 4.98 Å². The normalized spacial score (nSPS) is 24.2. The Hall–Kier alpha value is -0.650. The first-order chi connectivity index (χ1) is 9.22. The molecule has 106 valence electrons. The maximum atomic E-state index is 4.78. The van der Waals surface area contributed by atoms with Crippen molar-refractivity contribution in [3.63, 3.8) is 0 Å². The first-order valence-corrected chi connectivity index (χ1v) is 8.27. The number of thiazole rings is 1. The van der Waals surface area contributed by atoms with Crippen molar-refractivity contribution < 1.29 is 0 Å². The van der Waals surface area contributed by atoms with Crippen LogP contribution in [0, 0.1) is 0 Å². The van der Waals surface area contributed by atoms with Gasteiger partial charge in [-0.3, -0.25) is 4.90 Å². The summed E-state index contributed by atoms with van der Waals surface area (Å²) >= 11 is 1.80. The fourth-order valence-corrected chi connectivity index (χ4v) is 3.86. The largest absolute Gasteiger partial charge is 0.345 e. The van der Waals surface area contributed by atoms with Crippen LogP contribution in [-0.4, -0.2) is 48.1 Å². The molecule has 0 radical (unpaired) electrons. The minimum absolute atomic E-state index is 0.521. The summed E-state index contributed by atoms with van der Waals surface area (Å²) in [5.74, 6) is 0. The third-order valence-corrected chi connectivity index (χ3v) is 5.04. The molecule has 1 atom stereocenters. The molecule has 2 fully saturated rings. The molecule has 0 aromatic carbocycles. The monoisotopic (exact) mass is 280 g/mol. The molecule has 2 saturated heterocycles. The Bertz CT molecular complexity index is 417. The Morgan fingerprint density at radius 1 is 1.42 bits per heavy atom. The number of aromatic nitrogens is 1. The number of fused-ring (bicyclic) bond motifs is 1. The zero-order valence-electron chi connectivity index (χ0n) is 11.9. The van der Waals surface area contributed by atoms with Crippen molar-refractivity contribution in [3.8, 4) is 0 Å². The number of rotatable bonds is 4. The highest BCUT2D eigenvalue weighted by molar-refractivity contribution is 7.13. The van der Waals surface area contributed by atoms with E-state index in [-0.39, 0.29) is 0 Å². The van der Waals surface area contributed by atoms with Gasteiger partial charge in [0, 0.05) is 43.6 Å². The molecule has 0 aliphatic carbocycles. The minimum atomic E-state index is 0.521. The van der Waals surface area contributed by atoms with Crippen molar-refractivity contribution in [2.24, 2.45) is 0 Å². The molecule has 2 aliphatic heterocycles. The molecule has 1 aromatic rings. The van der Waals surface area contributed by atoms with Gasteiger partial charge in [0.1, 0.15) is 0 Å². The van der Waals surface area contributed by atoms with Gasteiger partial charge in [-0.05, 0) is 19.4 Å². The summed E-state index contributed by atoms with van der Waals surface area (Å²) in [6.07, 6.45) is 2.74. The van der Waals surface area contributed by atoms with E-state index in [0.717, 1.165) is 19.1 Å². The second kappa shape index (κ2) is 5.77. The van der Waals surface area contributed by atoms with Crippen LogP contribution < -0.4 is 10.2 Å². The van der Waals surface area contributed by atoms with Gasteiger partial charge in [0.25, 0.3) is 0 Å². The maximum absolute atomic E-state index is 4.78. The SMILES string of the molecule is CC(C)NCc1csc(N2CCN3CCCC3C2)n1. The van der Waals surface area contributed by atoms with Gasteiger partial charge < -0.3 is 10.2 Å². The number of hydrogen-bond donors (Lipinski definition) is 1. The van der Waals surface area contributed by atoms with Crippen LogP contribution in [0.3, 0.4) is 0 Å². The van der Waals surface area contributed by atoms with Crippen LogP contribution in [0.1, 0.15) is 32.4 Å². The van der Waals surface area contributed by atoms with Crippen molar-refractivity contribution in [1.29, 1.82) is 0 Å². The minimum Gasteiger partial charge on any atom is -0.345 e. The third kappa shape index (κ3) is 3.09. The molecule has 3 heterocycles. The van der Waals surface area contributed by atoms with E-state index < -0.39 is 0 Å². The third-order valence-electron chi connectivity index (χ3n) is 4.09. The predicted molar refractivity (Wildman–Crippen MR) is 80.9 cm³/mol. The summed E-state index contributed by atoms with van der Waals surface area (Å²) < 4.78 is 0. The van der Waals surface area contributed by atoms with Crippen LogP contribution in [0.5, 0.6) is 0 Å². The Morgan fingerprint density at radius 2 is 2.32 bits per heavy atom. The Morgan fingerprint density at radius 3 is 3.16 bits per heavy atom. The smallest absolute Gasteiger partial charge is 0.185 e. The fraction of sp³-hybridized carbons (Fsp3) is 0.786. The molecule has 5 heteroatoms. The Balaban J connectivity index is 1.59. The summed E-state index contributed by atoms with van der Waals surface area (Å²) in [7, 11) is 0. The van der Waals surface area contributed by atoms with Crippen LogP contribution in [0.25, 0.3) is 0 Å². The summed E-state index contributed by atoms with van der Waals surface area (Å²) in [6.45, 7) is 10.1. The molecule has 0 saturated carbocycles. The van der Waals surface area contributed by atoms with E-state index in [1.165, 1.54) is 43.3 Å². The van der Waals surface area contributed by atoms with E-state index in [1.807, 2.05) is 0 Å². The van der Waals surface area contributed by atoms with Crippen molar-refractivity contribution in [2.45, 2.75) is 45.3 Å². The molecule has 1 aromatic heterocycles. The van der Waals surface area contributed by atoms with E-state index in [0.29, 0.717) is 6.04 Å². The molecule has 1 unspecified atom stereocenters.